The van der Waals surface area contributed by atoms with Crippen molar-refractivity contribution in [2.75, 3.05) is 7.05 Å². The number of alkyl halides is 1. The Kier molecular flexibility index (Phi) is 2.43. The molecule has 1 aliphatic heterocycles. The SMILES string of the molecule is CC1=CN(C)C(Cl)C=C1C(=O)O. The third-order valence-electron chi connectivity index (χ3n) is 1.75. The Morgan fingerprint density at radius 3 is 2.83 bits per heavy atom. The summed E-state index contributed by atoms with van der Waals surface area (Å²) in [5, 5.41) is 8.73. The molecule has 1 unspecified atom stereocenters. The highest BCUT2D eigenvalue weighted by atomic mass is 35.5. The topological polar surface area (TPSA) is 40.5 Å². The van der Waals surface area contributed by atoms with Crippen molar-refractivity contribution in [2.24, 2.45) is 0 Å². The Morgan fingerprint density at radius 1 is 1.75 bits per heavy atom. The zero-order chi connectivity index (χ0) is 9.30. The number of carbonyl (C=O) groups is 1. The predicted molar refractivity (Wildman–Crippen MR) is 46.9 cm³/mol. The van der Waals surface area contributed by atoms with Crippen LogP contribution in [0, 0.1) is 0 Å². The largest absolute Gasteiger partial charge is 0.478 e. The first kappa shape index (κ1) is 9.13. The molecular weight excluding hydrogens is 178 g/mol. The molecule has 0 bridgehead atoms. The fourth-order valence-electron chi connectivity index (χ4n) is 1.07. The number of carboxylic acid groups (broad SMARTS) is 1. The lowest BCUT2D eigenvalue weighted by atomic mass is 10.1. The second-order valence-electron chi connectivity index (χ2n) is 2.74. The van der Waals surface area contributed by atoms with E-state index < -0.39 is 5.97 Å². The second kappa shape index (κ2) is 3.19. The van der Waals surface area contributed by atoms with Crippen LogP contribution in [0.4, 0.5) is 0 Å². The maximum Gasteiger partial charge on any atom is 0.335 e. The van der Waals surface area contributed by atoms with Crippen molar-refractivity contribution in [3.63, 3.8) is 0 Å². The highest BCUT2D eigenvalue weighted by molar-refractivity contribution is 6.22. The molecule has 1 atom stereocenters. The van der Waals surface area contributed by atoms with Gasteiger partial charge in [0.15, 0.2) is 0 Å². The molecule has 1 aliphatic rings. The van der Waals surface area contributed by atoms with Crippen molar-refractivity contribution in [3.8, 4) is 0 Å². The van der Waals surface area contributed by atoms with E-state index in [0.717, 1.165) is 5.57 Å². The van der Waals surface area contributed by atoms with Crippen molar-refractivity contribution >= 4 is 17.6 Å². The molecule has 0 radical (unpaired) electrons. The summed E-state index contributed by atoms with van der Waals surface area (Å²) in [5.41, 5.74) is 0.648. The predicted octanol–water partition coefficient (Wildman–Crippen LogP) is 1.41. The van der Waals surface area contributed by atoms with Gasteiger partial charge in [-0.3, -0.25) is 0 Å². The molecule has 0 aliphatic carbocycles. The van der Waals surface area contributed by atoms with Crippen molar-refractivity contribution in [1.29, 1.82) is 0 Å². The van der Waals surface area contributed by atoms with Crippen LogP contribution >= 0.6 is 11.6 Å². The Bertz CT molecular complexity index is 270. The number of halogens is 1. The number of hydrogen-bond acceptors (Lipinski definition) is 2. The summed E-state index contributed by atoms with van der Waals surface area (Å²) in [6.07, 6.45) is 3.25. The zero-order valence-electron chi connectivity index (χ0n) is 6.91. The van der Waals surface area contributed by atoms with E-state index >= 15 is 0 Å². The molecule has 0 aromatic carbocycles. The van der Waals surface area contributed by atoms with Crippen LogP contribution in [0.2, 0.25) is 0 Å². The highest BCUT2D eigenvalue weighted by Crippen LogP contribution is 2.21. The van der Waals surface area contributed by atoms with Crippen LogP contribution in [0.25, 0.3) is 0 Å². The molecule has 12 heavy (non-hydrogen) atoms. The number of aliphatic carboxylic acids is 1. The van der Waals surface area contributed by atoms with E-state index in [9.17, 15) is 4.79 Å². The van der Waals surface area contributed by atoms with Gasteiger partial charge in [-0.1, -0.05) is 11.6 Å². The van der Waals surface area contributed by atoms with Gasteiger partial charge >= 0.3 is 5.97 Å². The summed E-state index contributed by atoms with van der Waals surface area (Å²) in [6, 6.07) is 0. The maximum absolute atomic E-state index is 10.6. The van der Waals surface area contributed by atoms with E-state index in [2.05, 4.69) is 0 Å². The molecule has 0 aromatic heterocycles. The van der Waals surface area contributed by atoms with E-state index in [0.29, 0.717) is 0 Å². The van der Waals surface area contributed by atoms with Gasteiger partial charge in [-0.05, 0) is 18.6 Å². The van der Waals surface area contributed by atoms with Gasteiger partial charge in [-0.25, -0.2) is 4.79 Å². The summed E-state index contributed by atoms with van der Waals surface area (Å²) < 4.78 is 0. The number of rotatable bonds is 1. The molecule has 1 rings (SSSR count). The first-order valence-corrected chi connectivity index (χ1v) is 3.96. The summed E-state index contributed by atoms with van der Waals surface area (Å²) in [7, 11) is 1.80. The Balaban J connectivity index is 2.96. The van der Waals surface area contributed by atoms with Crippen LogP contribution < -0.4 is 0 Å². The van der Waals surface area contributed by atoms with Crippen LogP contribution in [0.5, 0.6) is 0 Å². The van der Waals surface area contributed by atoms with Crippen molar-refractivity contribution in [2.45, 2.75) is 12.4 Å². The fraction of sp³-hybridized carbons (Fsp3) is 0.375. The van der Waals surface area contributed by atoms with Crippen LogP contribution in [0.1, 0.15) is 6.92 Å². The molecule has 66 valence electrons. The van der Waals surface area contributed by atoms with Crippen LogP contribution in [0.3, 0.4) is 0 Å². The molecule has 0 aromatic rings. The van der Waals surface area contributed by atoms with Crippen molar-refractivity contribution < 1.29 is 9.90 Å². The van der Waals surface area contributed by atoms with Gasteiger partial charge < -0.3 is 10.0 Å². The monoisotopic (exact) mass is 187 g/mol. The third kappa shape index (κ3) is 1.61. The van der Waals surface area contributed by atoms with E-state index in [1.54, 1.807) is 25.1 Å². The third-order valence-corrected chi connectivity index (χ3v) is 2.18. The average Bonchev–Trinajstić information content (AvgIpc) is 1.96. The number of likely N-dealkylation sites (N-methyl/N-ethyl adjacent to an activating group) is 1. The average molecular weight is 188 g/mol. The lowest BCUT2D eigenvalue weighted by Crippen LogP contribution is -2.25. The molecule has 4 heteroatoms. The first-order valence-electron chi connectivity index (χ1n) is 3.52. The van der Waals surface area contributed by atoms with E-state index in [4.69, 9.17) is 16.7 Å². The Morgan fingerprint density at radius 2 is 2.33 bits per heavy atom. The molecule has 0 spiro atoms. The molecule has 1 N–H and O–H groups in total. The van der Waals surface area contributed by atoms with E-state index in [1.807, 2.05) is 0 Å². The van der Waals surface area contributed by atoms with Gasteiger partial charge in [0.1, 0.15) is 5.50 Å². The van der Waals surface area contributed by atoms with Gasteiger partial charge in [0.2, 0.25) is 0 Å². The summed E-state index contributed by atoms with van der Waals surface area (Å²) in [5.74, 6) is -0.928. The quantitative estimate of drug-likeness (QED) is 0.499. The van der Waals surface area contributed by atoms with Crippen LogP contribution in [-0.4, -0.2) is 28.5 Å². The minimum absolute atomic E-state index is 0.285. The minimum Gasteiger partial charge on any atom is -0.478 e. The molecule has 0 fully saturated rings. The summed E-state index contributed by atoms with van der Waals surface area (Å²) in [6.45, 7) is 1.75. The molecule has 1 heterocycles. The molecule has 0 saturated carbocycles. The van der Waals surface area contributed by atoms with Gasteiger partial charge in [0.25, 0.3) is 0 Å². The van der Waals surface area contributed by atoms with Crippen molar-refractivity contribution in [3.05, 3.63) is 23.4 Å². The van der Waals surface area contributed by atoms with Crippen LogP contribution in [-0.2, 0) is 4.79 Å². The summed E-state index contributed by atoms with van der Waals surface area (Å²) in [4.78, 5) is 12.4. The fourth-order valence-corrected chi connectivity index (χ4v) is 1.26. The lowest BCUT2D eigenvalue weighted by molar-refractivity contribution is -0.132. The summed E-state index contributed by atoms with van der Waals surface area (Å²) >= 11 is 5.81. The lowest BCUT2D eigenvalue weighted by Gasteiger charge is -2.24. The highest BCUT2D eigenvalue weighted by Gasteiger charge is 2.18. The van der Waals surface area contributed by atoms with Gasteiger partial charge in [-0.15, -0.1) is 0 Å². The van der Waals surface area contributed by atoms with E-state index in [1.165, 1.54) is 6.08 Å². The zero-order valence-corrected chi connectivity index (χ0v) is 7.67. The molecule has 3 nitrogen and oxygen atoms in total. The van der Waals surface area contributed by atoms with Crippen molar-refractivity contribution in [1.82, 2.24) is 4.90 Å². The van der Waals surface area contributed by atoms with Gasteiger partial charge in [0, 0.05) is 13.2 Å². The number of carboxylic acids is 1. The smallest absolute Gasteiger partial charge is 0.335 e. The molecular formula is C8H10ClNO2. The normalized spacial score (nSPS) is 23.2. The Hall–Kier alpha value is -0.960. The Labute approximate surface area is 75.9 Å². The maximum atomic E-state index is 10.6. The standard InChI is InChI=1S/C8H10ClNO2/c1-5-4-10(2)7(9)3-6(5)8(11)12/h3-4,7H,1-2H3,(H,11,12). The van der Waals surface area contributed by atoms with E-state index in [-0.39, 0.29) is 11.1 Å². The number of hydrogen-bond donors (Lipinski definition) is 1. The second-order valence-corrected chi connectivity index (χ2v) is 3.18. The van der Waals surface area contributed by atoms with Crippen LogP contribution in [0.15, 0.2) is 23.4 Å². The molecule has 0 amide bonds. The first-order chi connectivity index (χ1) is 5.52. The minimum atomic E-state index is -0.928. The van der Waals surface area contributed by atoms with Gasteiger partial charge in [-0.2, -0.15) is 0 Å². The number of nitrogens with zero attached hydrogens (tertiary/aromatic N) is 1. The van der Waals surface area contributed by atoms with Gasteiger partial charge in [0.05, 0.1) is 5.57 Å². The molecule has 0 saturated heterocycles.